The molecule has 4 aromatic rings. The van der Waals surface area contributed by atoms with E-state index in [1.807, 2.05) is 41.3 Å². The number of hydrogen-bond donors (Lipinski definition) is 0. The molecule has 2 aliphatic heterocycles. The van der Waals surface area contributed by atoms with E-state index >= 15 is 0 Å². The molecule has 4 heterocycles. The molecule has 0 aliphatic carbocycles. The maximum atomic E-state index is 14.4. The monoisotopic (exact) mass is 608 g/mol. The van der Waals surface area contributed by atoms with Gasteiger partial charge in [-0.1, -0.05) is 30.8 Å². The van der Waals surface area contributed by atoms with Crippen LogP contribution >= 0.6 is 0 Å². The molecule has 2 saturated heterocycles. The van der Waals surface area contributed by atoms with E-state index in [9.17, 15) is 14.9 Å². The molecule has 2 atom stereocenters. The first-order valence-corrected chi connectivity index (χ1v) is 15.1. The second-order valence-corrected chi connectivity index (χ2v) is 11.5. The van der Waals surface area contributed by atoms with Gasteiger partial charge in [-0.25, -0.2) is 4.98 Å². The van der Waals surface area contributed by atoms with Gasteiger partial charge in [-0.15, -0.1) is 0 Å². The number of nitriles is 1. The topological polar surface area (TPSA) is 130 Å². The maximum absolute atomic E-state index is 14.4. The van der Waals surface area contributed by atoms with Crippen LogP contribution in [0.25, 0.3) is 27.5 Å². The first kappa shape index (κ1) is 30.0. The number of rotatable bonds is 8. The highest BCUT2D eigenvalue weighted by atomic mass is 16.5. The number of carbonyl (C=O) groups is 1. The summed E-state index contributed by atoms with van der Waals surface area (Å²) < 4.78 is 13.3. The van der Waals surface area contributed by atoms with Gasteiger partial charge in [-0.2, -0.15) is 15.2 Å². The predicted molar refractivity (Wildman–Crippen MR) is 171 cm³/mol. The maximum Gasteiger partial charge on any atom is 0.319 e. The molecule has 12 nitrogen and oxygen atoms in total. The molecule has 2 aromatic carbocycles. The van der Waals surface area contributed by atoms with E-state index < -0.39 is 0 Å². The number of carbonyl (C=O) groups excluding carboxylic acids is 1. The molecule has 0 radical (unpaired) electrons. The third kappa shape index (κ3) is 5.67. The van der Waals surface area contributed by atoms with Crippen LogP contribution in [0.1, 0.15) is 25.1 Å². The predicted octanol–water partition coefficient (Wildman–Crippen LogP) is 3.24. The molecule has 45 heavy (non-hydrogen) atoms. The van der Waals surface area contributed by atoms with Crippen LogP contribution in [0, 0.1) is 18.3 Å². The number of aryl methyl sites for hydroxylation is 1. The van der Waals surface area contributed by atoms with Crippen molar-refractivity contribution >= 4 is 33.5 Å². The molecule has 1 amide bonds. The summed E-state index contributed by atoms with van der Waals surface area (Å²) in [7, 11) is 3.66. The zero-order chi connectivity index (χ0) is 31.7. The lowest BCUT2D eigenvalue weighted by Crippen LogP contribution is -2.55. The number of aromatic nitrogens is 4. The summed E-state index contributed by atoms with van der Waals surface area (Å²) in [5.41, 5.74) is 0.721. The Kier molecular flexibility index (Phi) is 8.36. The average Bonchev–Trinajstić information content (AvgIpc) is 3.47. The number of fused-ring (bicyclic) bond motifs is 2. The smallest absolute Gasteiger partial charge is 0.319 e. The Morgan fingerprint density at radius 3 is 2.69 bits per heavy atom. The Morgan fingerprint density at radius 2 is 1.96 bits per heavy atom. The fourth-order valence-corrected chi connectivity index (χ4v) is 6.37. The third-order valence-corrected chi connectivity index (χ3v) is 8.78. The van der Waals surface area contributed by atoms with Crippen molar-refractivity contribution < 1.29 is 14.3 Å². The van der Waals surface area contributed by atoms with Gasteiger partial charge in [-0.05, 0) is 50.9 Å². The van der Waals surface area contributed by atoms with Gasteiger partial charge in [0.25, 0.3) is 5.56 Å². The third-order valence-electron chi connectivity index (χ3n) is 8.78. The lowest BCUT2D eigenvalue weighted by Gasteiger charge is -2.40. The van der Waals surface area contributed by atoms with Gasteiger partial charge in [0.1, 0.15) is 23.7 Å². The zero-order valence-corrected chi connectivity index (χ0v) is 25.8. The Hall–Kier alpha value is -5.02. The molecule has 2 fully saturated rings. The second-order valence-electron chi connectivity index (χ2n) is 11.5. The summed E-state index contributed by atoms with van der Waals surface area (Å²) in [5, 5.41) is 11.3. The molecule has 2 aliphatic rings. The second kappa shape index (κ2) is 12.5. The van der Waals surface area contributed by atoms with Crippen molar-refractivity contribution in [3.05, 3.63) is 65.2 Å². The molecule has 232 valence electrons. The van der Waals surface area contributed by atoms with E-state index in [0.717, 1.165) is 30.2 Å². The average molecular weight is 609 g/mol. The summed E-state index contributed by atoms with van der Waals surface area (Å²) in [6, 6.07) is 13.6. The number of amides is 1. The van der Waals surface area contributed by atoms with Crippen LogP contribution in [0.2, 0.25) is 0 Å². The largest absolute Gasteiger partial charge is 0.497 e. The van der Waals surface area contributed by atoms with E-state index in [2.05, 4.69) is 29.6 Å². The summed E-state index contributed by atoms with van der Waals surface area (Å²) in [6.07, 6.45) is 3.49. The van der Waals surface area contributed by atoms with Crippen LogP contribution < -0.4 is 19.9 Å². The Morgan fingerprint density at radius 1 is 1.13 bits per heavy atom. The number of likely N-dealkylation sites (N-methyl/N-ethyl adjacent to an activating group) is 1. The summed E-state index contributed by atoms with van der Waals surface area (Å²) in [4.78, 5) is 47.2. The molecule has 0 saturated carbocycles. The molecule has 0 N–H and O–H groups in total. The molecule has 0 bridgehead atoms. The van der Waals surface area contributed by atoms with Crippen molar-refractivity contribution in [2.45, 2.75) is 38.3 Å². The lowest BCUT2D eigenvalue weighted by atomic mass is 10.1. The summed E-state index contributed by atoms with van der Waals surface area (Å²) >= 11 is 0. The van der Waals surface area contributed by atoms with Gasteiger partial charge in [0.2, 0.25) is 5.91 Å². The number of piperazine rings is 1. The van der Waals surface area contributed by atoms with Gasteiger partial charge in [0.15, 0.2) is 11.3 Å². The zero-order valence-electron chi connectivity index (χ0n) is 25.8. The van der Waals surface area contributed by atoms with Gasteiger partial charge in [-0.3, -0.25) is 14.2 Å². The van der Waals surface area contributed by atoms with E-state index in [1.54, 1.807) is 23.5 Å². The SMILES string of the molecule is C=CC(=O)N1CCN(c2nc(OC[C@@H]3CCCN3C)nc3c(=O)n(-c4cc(OC)cc5ccccc45)c(C)nc23)C[C@@H]1CC#N. The van der Waals surface area contributed by atoms with E-state index in [4.69, 9.17) is 19.4 Å². The first-order valence-electron chi connectivity index (χ1n) is 15.1. The highest BCUT2D eigenvalue weighted by Gasteiger charge is 2.32. The number of benzene rings is 2. The van der Waals surface area contributed by atoms with Crippen molar-refractivity contribution in [2.75, 3.05) is 51.8 Å². The molecule has 12 heteroatoms. The van der Waals surface area contributed by atoms with Crippen LogP contribution in [0.5, 0.6) is 11.8 Å². The van der Waals surface area contributed by atoms with Crippen molar-refractivity contribution in [3.8, 4) is 23.5 Å². The normalized spacial score (nSPS) is 18.7. The van der Waals surface area contributed by atoms with E-state index in [0.29, 0.717) is 54.8 Å². The lowest BCUT2D eigenvalue weighted by molar-refractivity contribution is -0.128. The van der Waals surface area contributed by atoms with Crippen LogP contribution in [-0.2, 0) is 4.79 Å². The summed E-state index contributed by atoms with van der Waals surface area (Å²) in [5.74, 6) is 1.27. The number of hydrogen-bond acceptors (Lipinski definition) is 10. The Bertz CT molecular complexity index is 1880. The highest BCUT2D eigenvalue weighted by molar-refractivity contribution is 5.93. The van der Waals surface area contributed by atoms with Crippen LogP contribution in [-0.4, -0.2) is 94.3 Å². The van der Waals surface area contributed by atoms with Crippen LogP contribution in [0.4, 0.5) is 5.82 Å². The minimum absolute atomic E-state index is 0.0871. The van der Waals surface area contributed by atoms with Gasteiger partial charge in [0.05, 0.1) is 31.3 Å². The van der Waals surface area contributed by atoms with Crippen molar-refractivity contribution in [1.29, 1.82) is 5.26 Å². The number of anilines is 1. The number of nitrogens with zero attached hydrogens (tertiary/aromatic N) is 8. The Balaban J connectivity index is 1.51. The van der Waals surface area contributed by atoms with Crippen molar-refractivity contribution in [1.82, 2.24) is 29.3 Å². The fraction of sp³-hybridized carbons (Fsp3) is 0.394. The Labute approximate surface area is 261 Å². The van der Waals surface area contributed by atoms with Crippen LogP contribution in [0.3, 0.4) is 0 Å². The molecular weight excluding hydrogens is 572 g/mol. The molecule has 0 spiro atoms. The van der Waals surface area contributed by atoms with Crippen molar-refractivity contribution in [3.63, 3.8) is 0 Å². The molecular formula is C33H36N8O4. The van der Waals surface area contributed by atoms with Gasteiger partial charge in [0, 0.05) is 37.1 Å². The summed E-state index contributed by atoms with van der Waals surface area (Å²) in [6.45, 7) is 7.88. The number of ether oxygens (including phenoxy) is 2. The van der Waals surface area contributed by atoms with Gasteiger partial charge < -0.3 is 24.2 Å². The number of methoxy groups -OCH3 is 1. The molecule has 0 unspecified atom stereocenters. The highest BCUT2D eigenvalue weighted by Crippen LogP contribution is 2.31. The van der Waals surface area contributed by atoms with E-state index in [1.165, 1.54) is 6.08 Å². The quantitative estimate of drug-likeness (QED) is 0.275. The minimum atomic E-state index is -0.389. The fourth-order valence-electron chi connectivity index (χ4n) is 6.37. The van der Waals surface area contributed by atoms with E-state index in [-0.39, 0.29) is 41.5 Å². The molecule has 6 rings (SSSR count). The van der Waals surface area contributed by atoms with Crippen molar-refractivity contribution in [2.24, 2.45) is 0 Å². The standard InChI is InChI=1S/C33H36N8O4/c1-5-28(42)40-16-15-39(19-23(40)12-13-34)31-29-30(36-33(37-31)45-20-24-10-8-14-38(24)3)32(43)41(21(2)35-29)27-18-25(44-4)17-22-9-6-7-11-26(22)27/h5-7,9,11,17-18,23-24H,1,8,10,12,14-16,19-20H2,2-4H3/t23-,24-/m0/s1. The van der Waals surface area contributed by atoms with Gasteiger partial charge >= 0.3 is 6.01 Å². The number of likely N-dealkylation sites (tertiary alicyclic amines) is 1. The van der Waals surface area contributed by atoms with Crippen LogP contribution in [0.15, 0.2) is 53.8 Å². The molecule has 2 aromatic heterocycles. The first-order chi connectivity index (χ1) is 21.8. The minimum Gasteiger partial charge on any atom is -0.497 e.